The molecular formula is C16H22N4O2. The largest absolute Gasteiger partial charge is 0.493 e. The Hall–Kier alpha value is -2.21. The minimum atomic E-state index is 0.245. The van der Waals surface area contributed by atoms with Crippen molar-refractivity contribution in [3.63, 3.8) is 0 Å². The zero-order chi connectivity index (χ0) is 15.5. The summed E-state index contributed by atoms with van der Waals surface area (Å²) >= 11 is 0. The van der Waals surface area contributed by atoms with Crippen LogP contribution in [0.4, 0.5) is 5.82 Å². The van der Waals surface area contributed by atoms with Crippen molar-refractivity contribution in [3.8, 4) is 22.6 Å². The minimum Gasteiger partial charge on any atom is -0.493 e. The van der Waals surface area contributed by atoms with E-state index in [-0.39, 0.29) is 6.10 Å². The fourth-order valence-electron chi connectivity index (χ4n) is 2.74. The molecule has 6 heteroatoms. The van der Waals surface area contributed by atoms with Crippen molar-refractivity contribution in [3.05, 3.63) is 24.4 Å². The van der Waals surface area contributed by atoms with Gasteiger partial charge in [0.1, 0.15) is 11.9 Å². The van der Waals surface area contributed by atoms with Crippen LogP contribution in [0.2, 0.25) is 0 Å². The number of hydrogen-bond acceptors (Lipinski definition) is 5. The maximum absolute atomic E-state index is 6.12. The Morgan fingerprint density at radius 2 is 2.05 bits per heavy atom. The standard InChI is InChI=1S/C16H22N4O2/c1-20-7-5-12(6-8-20)22-14-4-3-11(9-15(14)21-2)13-10-18-19-16(13)17/h3-4,9-10,12H,5-8H2,1-2H3,(H3,17,18,19). The quantitative estimate of drug-likeness (QED) is 0.905. The van der Waals surface area contributed by atoms with Crippen LogP contribution < -0.4 is 15.2 Å². The molecule has 0 radical (unpaired) electrons. The summed E-state index contributed by atoms with van der Waals surface area (Å²) in [7, 11) is 3.79. The monoisotopic (exact) mass is 302 g/mol. The van der Waals surface area contributed by atoms with Crippen LogP contribution in [-0.4, -0.2) is 48.4 Å². The second-order valence-electron chi connectivity index (χ2n) is 5.68. The van der Waals surface area contributed by atoms with Crippen LogP contribution in [-0.2, 0) is 0 Å². The summed E-state index contributed by atoms with van der Waals surface area (Å²) in [6, 6.07) is 5.86. The highest BCUT2D eigenvalue weighted by Crippen LogP contribution is 2.35. The van der Waals surface area contributed by atoms with Gasteiger partial charge in [0.05, 0.1) is 13.3 Å². The molecule has 2 aromatic rings. The number of aromatic amines is 1. The molecular weight excluding hydrogens is 280 g/mol. The molecule has 1 fully saturated rings. The number of nitrogens with zero attached hydrogens (tertiary/aromatic N) is 2. The summed E-state index contributed by atoms with van der Waals surface area (Å²) in [6.45, 7) is 2.13. The number of benzene rings is 1. The number of nitrogens with one attached hydrogen (secondary N) is 1. The number of anilines is 1. The first-order chi connectivity index (χ1) is 10.7. The first-order valence-electron chi connectivity index (χ1n) is 7.50. The van der Waals surface area contributed by atoms with Crippen LogP contribution in [0.1, 0.15) is 12.8 Å². The topological polar surface area (TPSA) is 76.4 Å². The van der Waals surface area contributed by atoms with E-state index in [0.717, 1.165) is 48.6 Å². The highest BCUT2D eigenvalue weighted by molar-refractivity contribution is 5.75. The molecule has 3 N–H and O–H groups in total. The molecule has 0 spiro atoms. The highest BCUT2D eigenvalue weighted by atomic mass is 16.5. The Kier molecular flexibility index (Phi) is 4.20. The second-order valence-corrected chi connectivity index (χ2v) is 5.68. The van der Waals surface area contributed by atoms with Gasteiger partial charge in [0.15, 0.2) is 11.5 Å². The lowest BCUT2D eigenvalue weighted by atomic mass is 10.1. The Morgan fingerprint density at radius 1 is 1.27 bits per heavy atom. The maximum atomic E-state index is 6.12. The van der Waals surface area contributed by atoms with Crippen molar-refractivity contribution in [1.29, 1.82) is 0 Å². The van der Waals surface area contributed by atoms with E-state index in [2.05, 4.69) is 22.1 Å². The normalized spacial score (nSPS) is 16.6. The van der Waals surface area contributed by atoms with E-state index in [9.17, 15) is 0 Å². The minimum absolute atomic E-state index is 0.245. The van der Waals surface area contributed by atoms with E-state index in [1.165, 1.54) is 0 Å². The number of ether oxygens (including phenoxy) is 2. The molecule has 0 saturated carbocycles. The Labute approximate surface area is 130 Å². The van der Waals surface area contributed by atoms with Crippen molar-refractivity contribution in [2.75, 3.05) is 33.0 Å². The van der Waals surface area contributed by atoms with Crippen molar-refractivity contribution in [1.82, 2.24) is 15.1 Å². The molecule has 118 valence electrons. The van der Waals surface area contributed by atoms with Gasteiger partial charge in [-0.15, -0.1) is 0 Å². The molecule has 0 atom stereocenters. The zero-order valence-electron chi connectivity index (χ0n) is 13.0. The fraction of sp³-hybridized carbons (Fsp3) is 0.438. The number of H-pyrrole nitrogens is 1. The number of piperidine rings is 1. The smallest absolute Gasteiger partial charge is 0.161 e. The molecule has 0 aliphatic carbocycles. The molecule has 0 bridgehead atoms. The predicted octanol–water partition coefficient (Wildman–Crippen LogP) is 2.14. The van der Waals surface area contributed by atoms with Gasteiger partial charge in [0.25, 0.3) is 0 Å². The van der Waals surface area contributed by atoms with Crippen LogP contribution in [0.25, 0.3) is 11.1 Å². The van der Waals surface area contributed by atoms with E-state index in [1.54, 1.807) is 13.3 Å². The lowest BCUT2D eigenvalue weighted by Crippen LogP contribution is -2.35. The van der Waals surface area contributed by atoms with E-state index < -0.39 is 0 Å². The Bertz CT molecular complexity index is 633. The van der Waals surface area contributed by atoms with Gasteiger partial charge < -0.3 is 20.1 Å². The maximum Gasteiger partial charge on any atom is 0.161 e. The molecule has 2 heterocycles. The van der Waals surface area contributed by atoms with E-state index >= 15 is 0 Å². The van der Waals surface area contributed by atoms with Gasteiger partial charge in [-0.05, 0) is 37.6 Å². The molecule has 0 unspecified atom stereocenters. The van der Waals surface area contributed by atoms with Crippen LogP contribution >= 0.6 is 0 Å². The number of nitrogens with two attached hydrogens (primary N) is 1. The Balaban J connectivity index is 1.79. The number of aromatic nitrogens is 2. The van der Waals surface area contributed by atoms with Gasteiger partial charge in [0, 0.05) is 18.7 Å². The third kappa shape index (κ3) is 3.01. The average molecular weight is 302 g/mol. The number of nitrogen functional groups attached to an aromatic ring is 1. The SMILES string of the molecule is COc1cc(-c2cn[nH]c2N)ccc1OC1CCN(C)CC1. The van der Waals surface area contributed by atoms with E-state index in [4.69, 9.17) is 15.2 Å². The van der Waals surface area contributed by atoms with Crippen molar-refractivity contribution in [2.45, 2.75) is 18.9 Å². The lowest BCUT2D eigenvalue weighted by molar-refractivity contribution is 0.111. The van der Waals surface area contributed by atoms with Crippen molar-refractivity contribution in [2.24, 2.45) is 0 Å². The second kappa shape index (κ2) is 6.27. The Morgan fingerprint density at radius 3 is 2.68 bits per heavy atom. The molecule has 1 aliphatic rings. The first-order valence-corrected chi connectivity index (χ1v) is 7.50. The van der Waals surface area contributed by atoms with Gasteiger partial charge in [-0.1, -0.05) is 6.07 Å². The summed E-state index contributed by atoms with van der Waals surface area (Å²) in [6.07, 6.45) is 4.03. The first kappa shape index (κ1) is 14.7. The zero-order valence-corrected chi connectivity index (χ0v) is 13.0. The van der Waals surface area contributed by atoms with E-state index in [0.29, 0.717) is 5.82 Å². The summed E-state index contributed by atoms with van der Waals surface area (Å²) in [5.74, 6) is 2.05. The summed E-state index contributed by atoms with van der Waals surface area (Å²) in [5, 5.41) is 6.69. The highest BCUT2D eigenvalue weighted by Gasteiger charge is 2.20. The molecule has 3 rings (SSSR count). The predicted molar refractivity (Wildman–Crippen MR) is 86.1 cm³/mol. The molecule has 1 saturated heterocycles. The van der Waals surface area contributed by atoms with Crippen LogP contribution in [0.5, 0.6) is 11.5 Å². The van der Waals surface area contributed by atoms with Crippen LogP contribution in [0, 0.1) is 0 Å². The lowest BCUT2D eigenvalue weighted by Gasteiger charge is -2.29. The molecule has 22 heavy (non-hydrogen) atoms. The van der Waals surface area contributed by atoms with Gasteiger partial charge in [0.2, 0.25) is 0 Å². The molecule has 1 aliphatic heterocycles. The number of hydrogen-bond donors (Lipinski definition) is 2. The van der Waals surface area contributed by atoms with Gasteiger partial charge in [-0.3, -0.25) is 5.10 Å². The third-order valence-corrected chi connectivity index (χ3v) is 4.10. The fourth-order valence-corrected chi connectivity index (χ4v) is 2.74. The number of methoxy groups -OCH3 is 1. The van der Waals surface area contributed by atoms with Gasteiger partial charge >= 0.3 is 0 Å². The summed E-state index contributed by atoms with van der Waals surface area (Å²) in [4.78, 5) is 2.32. The van der Waals surface area contributed by atoms with E-state index in [1.807, 2.05) is 18.2 Å². The average Bonchev–Trinajstić information content (AvgIpc) is 2.96. The number of likely N-dealkylation sites (tertiary alicyclic amines) is 1. The molecule has 6 nitrogen and oxygen atoms in total. The van der Waals surface area contributed by atoms with Crippen molar-refractivity contribution < 1.29 is 9.47 Å². The summed E-state index contributed by atoms with van der Waals surface area (Å²) < 4.78 is 11.6. The molecule has 1 aromatic carbocycles. The number of rotatable bonds is 4. The summed E-state index contributed by atoms with van der Waals surface area (Å²) in [5.41, 5.74) is 7.69. The van der Waals surface area contributed by atoms with Crippen molar-refractivity contribution >= 4 is 5.82 Å². The van der Waals surface area contributed by atoms with Gasteiger partial charge in [-0.25, -0.2) is 0 Å². The van der Waals surface area contributed by atoms with Gasteiger partial charge in [-0.2, -0.15) is 5.10 Å². The molecule has 0 amide bonds. The molecule has 1 aromatic heterocycles. The third-order valence-electron chi connectivity index (χ3n) is 4.10. The van der Waals surface area contributed by atoms with Crippen LogP contribution in [0.3, 0.4) is 0 Å². The van der Waals surface area contributed by atoms with Crippen LogP contribution in [0.15, 0.2) is 24.4 Å².